The summed E-state index contributed by atoms with van der Waals surface area (Å²) in [6.45, 7) is 3.10. The van der Waals surface area contributed by atoms with Gasteiger partial charge in [-0.05, 0) is 25.0 Å². The number of hydrogen-bond donors (Lipinski definition) is 2. The van der Waals surface area contributed by atoms with E-state index in [1.807, 2.05) is 25.1 Å². The van der Waals surface area contributed by atoms with Crippen LogP contribution in [0.2, 0.25) is 0 Å². The van der Waals surface area contributed by atoms with Gasteiger partial charge in [0.05, 0.1) is 24.1 Å². The Balaban J connectivity index is 1.72. The van der Waals surface area contributed by atoms with E-state index in [0.29, 0.717) is 19.5 Å². The van der Waals surface area contributed by atoms with Gasteiger partial charge in [0.25, 0.3) is 0 Å². The second kappa shape index (κ2) is 6.31. The standard InChI is InChI=1S/C14H19N3O2/c1-2-6-16-13(18)11-8-12(11)14(19)17-9-10-5-3-4-7-15-10/h3-5,7,11-12H,2,6,8-9H2,1H3,(H,16,18)(H,17,19). The van der Waals surface area contributed by atoms with Crippen LogP contribution in [-0.2, 0) is 16.1 Å². The molecule has 1 saturated carbocycles. The Bertz CT molecular complexity index is 447. The summed E-state index contributed by atoms with van der Waals surface area (Å²) in [6, 6.07) is 5.57. The maximum Gasteiger partial charge on any atom is 0.224 e. The Hall–Kier alpha value is -1.91. The second-order valence-corrected chi connectivity index (χ2v) is 4.78. The van der Waals surface area contributed by atoms with Crippen LogP contribution in [-0.4, -0.2) is 23.3 Å². The molecule has 1 aliphatic rings. The topological polar surface area (TPSA) is 71.1 Å². The molecule has 1 fully saturated rings. The van der Waals surface area contributed by atoms with E-state index in [-0.39, 0.29) is 23.7 Å². The first-order valence-corrected chi connectivity index (χ1v) is 6.67. The van der Waals surface area contributed by atoms with Crippen molar-refractivity contribution in [2.75, 3.05) is 6.54 Å². The molecular formula is C14H19N3O2. The Morgan fingerprint density at radius 2 is 2.00 bits per heavy atom. The van der Waals surface area contributed by atoms with Crippen molar-refractivity contribution >= 4 is 11.8 Å². The van der Waals surface area contributed by atoms with Gasteiger partial charge in [-0.15, -0.1) is 0 Å². The summed E-state index contributed by atoms with van der Waals surface area (Å²) < 4.78 is 0. The minimum atomic E-state index is -0.166. The molecule has 0 radical (unpaired) electrons. The maximum atomic E-state index is 11.8. The number of nitrogens with zero attached hydrogens (tertiary/aromatic N) is 1. The molecule has 5 nitrogen and oxygen atoms in total. The van der Waals surface area contributed by atoms with Crippen molar-refractivity contribution in [1.29, 1.82) is 0 Å². The summed E-state index contributed by atoms with van der Waals surface area (Å²) in [4.78, 5) is 27.6. The lowest BCUT2D eigenvalue weighted by molar-refractivity contribution is -0.127. The number of aromatic nitrogens is 1. The van der Waals surface area contributed by atoms with Gasteiger partial charge in [-0.2, -0.15) is 0 Å². The number of nitrogens with one attached hydrogen (secondary N) is 2. The normalized spacial score (nSPS) is 20.7. The van der Waals surface area contributed by atoms with Gasteiger partial charge in [0.1, 0.15) is 0 Å². The predicted molar refractivity (Wildman–Crippen MR) is 71.0 cm³/mol. The molecule has 2 N–H and O–H groups in total. The molecule has 2 unspecified atom stereocenters. The summed E-state index contributed by atoms with van der Waals surface area (Å²) in [5.41, 5.74) is 0.823. The third-order valence-electron chi connectivity index (χ3n) is 3.18. The van der Waals surface area contributed by atoms with Crippen LogP contribution in [0.4, 0.5) is 0 Å². The van der Waals surface area contributed by atoms with Gasteiger partial charge in [0, 0.05) is 12.7 Å². The number of rotatable bonds is 6. The monoisotopic (exact) mass is 261 g/mol. The summed E-state index contributed by atoms with van der Waals surface area (Å²) in [5, 5.41) is 5.64. The number of carbonyl (C=O) groups is 2. The molecule has 0 saturated heterocycles. The minimum absolute atomic E-state index is 0.000152. The first-order chi connectivity index (χ1) is 9.22. The highest BCUT2D eigenvalue weighted by Gasteiger charge is 2.47. The summed E-state index contributed by atoms with van der Waals surface area (Å²) in [7, 11) is 0. The SMILES string of the molecule is CCCNC(=O)C1CC1C(=O)NCc1ccccn1. The van der Waals surface area contributed by atoms with Crippen molar-refractivity contribution in [3.05, 3.63) is 30.1 Å². The molecule has 0 spiro atoms. The van der Waals surface area contributed by atoms with Gasteiger partial charge < -0.3 is 10.6 Å². The first-order valence-electron chi connectivity index (χ1n) is 6.67. The highest BCUT2D eigenvalue weighted by atomic mass is 16.2. The van der Waals surface area contributed by atoms with Crippen molar-refractivity contribution in [2.24, 2.45) is 11.8 Å². The predicted octanol–water partition coefficient (Wildman–Crippen LogP) is 0.860. The average Bonchev–Trinajstić information content (AvgIpc) is 3.24. The molecule has 1 aliphatic carbocycles. The fourth-order valence-corrected chi connectivity index (χ4v) is 1.97. The molecule has 2 atom stereocenters. The Morgan fingerprint density at radius 1 is 1.26 bits per heavy atom. The van der Waals surface area contributed by atoms with Gasteiger partial charge in [0.2, 0.25) is 11.8 Å². The zero-order valence-corrected chi connectivity index (χ0v) is 11.1. The summed E-state index contributed by atoms with van der Waals surface area (Å²) >= 11 is 0. The highest BCUT2D eigenvalue weighted by Crippen LogP contribution is 2.38. The molecule has 19 heavy (non-hydrogen) atoms. The molecule has 2 amide bonds. The van der Waals surface area contributed by atoms with Crippen molar-refractivity contribution < 1.29 is 9.59 Å². The molecule has 1 aromatic heterocycles. The van der Waals surface area contributed by atoms with Crippen LogP contribution in [0.5, 0.6) is 0 Å². The van der Waals surface area contributed by atoms with Gasteiger partial charge in [-0.25, -0.2) is 0 Å². The van der Waals surface area contributed by atoms with Crippen LogP contribution in [0.3, 0.4) is 0 Å². The van der Waals surface area contributed by atoms with E-state index in [1.54, 1.807) is 6.20 Å². The van der Waals surface area contributed by atoms with Crippen LogP contribution >= 0.6 is 0 Å². The quantitative estimate of drug-likeness (QED) is 0.798. The van der Waals surface area contributed by atoms with Crippen LogP contribution in [0, 0.1) is 11.8 Å². The number of carbonyl (C=O) groups excluding carboxylic acids is 2. The number of hydrogen-bond acceptors (Lipinski definition) is 3. The minimum Gasteiger partial charge on any atom is -0.356 e. The van der Waals surface area contributed by atoms with Gasteiger partial charge in [0.15, 0.2) is 0 Å². The van der Waals surface area contributed by atoms with E-state index in [9.17, 15) is 9.59 Å². The second-order valence-electron chi connectivity index (χ2n) is 4.78. The fraction of sp³-hybridized carbons (Fsp3) is 0.500. The van der Waals surface area contributed by atoms with Crippen molar-refractivity contribution in [3.63, 3.8) is 0 Å². The largest absolute Gasteiger partial charge is 0.356 e. The zero-order chi connectivity index (χ0) is 13.7. The Labute approximate surface area is 112 Å². The van der Waals surface area contributed by atoms with E-state index < -0.39 is 0 Å². The third kappa shape index (κ3) is 3.77. The highest BCUT2D eigenvalue weighted by molar-refractivity contribution is 5.92. The van der Waals surface area contributed by atoms with Crippen molar-refractivity contribution in [1.82, 2.24) is 15.6 Å². The van der Waals surface area contributed by atoms with Gasteiger partial charge in [-0.3, -0.25) is 14.6 Å². The van der Waals surface area contributed by atoms with Crippen molar-refractivity contribution in [2.45, 2.75) is 26.3 Å². The van der Waals surface area contributed by atoms with Crippen LogP contribution in [0.1, 0.15) is 25.5 Å². The molecule has 0 bridgehead atoms. The number of amides is 2. The van der Waals surface area contributed by atoms with E-state index in [4.69, 9.17) is 0 Å². The first kappa shape index (κ1) is 13.5. The van der Waals surface area contributed by atoms with E-state index in [0.717, 1.165) is 12.1 Å². The van der Waals surface area contributed by atoms with Crippen LogP contribution in [0.15, 0.2) is 24.4 Å². The van der Waals surface area contributed by atoms with Crippen LogP contribution < -0.4 is 10.6 Å². The smallest absolute Gasteiger partial charge is 0.224 e. The molecule has 0 aromatic carbocycles. The molecule has 0 aliphatic heterocycles. The zero-order valence-electron chi connectivity index (χ0n) is 11.1. The molecule has 5 heteroatoms. The van der Waals surface area contributed by atoms with E-state index in [2.05, 4.69) is 15.6 Å². The van der Waals surface area contributed by atoms with Gasteiger partial charge >= 0.3 is 0 Å². The van der Waals surface area contributed by atoms with Crippen molar-refractivity contribution in [3.8, 4) is 0 Å². The van der Waals surface area contributed by atoms with E-state index >= 15 is 0 Å². The molecule has 1 heterocycles. The summed E-state index contributed by atoms with van der Waals surface area (Å²) in [6.07, 6.45) is 3.26. The molecule has 2 rings (SSSR count). The third-order valence-corrected chi connectivity index (χ3v) is 3.18. The molecular weight excluding hydrogens is 242 g/mol. The average molecular weight is 261 g/mol. The Morgan fingerprint density at radius 3 is 2.63 bits per heavy atom. The molecule has 1 aromatic rings. The van der Waals surface area contributed by atoms with Gasteiger partial charge in [-0.1, -0.05) is 13.0 Å². The summed E-state index contributed by atoms with van der Waals surface area (Å²) in [5.74, 6) is -0.363. The maximum absolute atomic E-state index is 11.8. The van der Waals surface area contributed by atoms with Crippen LogP contribution in [0.25, 0.3) is 0 Å². The lowest BCUT2D eigenvalue weighted by atomic mass is 10.2. The lowest BCUT2D eigenvalue weighted by Crippen LogP contribution is -2.30. The number of pyridine rings is 1. The lowest BCUT2D eigenvalue weighted by Gasteiger charge is -2.05. The molecule has 102 valence electrons. The fourth-order valence-electron chi connectivity index (χ4n) is 1.97. The Kier molecular flexibility index (Phi) is 4.49. The van der Waals surface area contributed by atoms with E-state index in [1.165, 1.54) is 0 Å².